The molecule has 0 radical (unpaired) electrons. The van der Waals surface area contributed by atoms with Crippen molar-refractivity contribution in [2.24, 2.45) is 11.7 Å². The van der Waals surface area contributed by atoms with Crippen LogP contribution in [0.25, 0.3) is 0 Å². The monoisotopic (exact) mass is 300 g/mol. The van der Waals surface area contributed by atoms with Gasteiger partial charge in [0.15, 0.2) is 0 Å². The molecule has 1 aromatic carbocycles. The molecule has 0 bridgehead atoms. The maximum absolute atomic E-state index is 12.7. The summed E-state index contributed by atoms with van der Waals surface area (Å²) in [7, 11) is -0.531. The van der Waals surface area contributed by atoms with Gasteiger partial charge in [0.1, 0.15) is 10.6 Å². The summed E-state index contributed by atoms with van der Waals surface area (Å²) >= 11 is 0. The fraction of sp³-hybridized carbons (Fsp3) is 0.571. The summed E-state index contributed by atoms with van der Waals surface area (Å²) < 4.78 is 31.9. The smallest absolute Gasteiger partial charge is 0.246 e. The van der Waals surface area contributed by atoms with Gasteiger partial charge in [-0.25, -0.2) is 8.42 Å². The third-order valence-corrected chi connectivity index (χ3v) is 5.64. The minimum atomic E-state index is -3.58. The minimum absolute atomic E-state index is 0.0982. The number of hydrogen-bond acceptors (Lipinski definition) is 4. The summed E-state index contributed by atoms with van der Waals surface area (Å²) in [5, 5.41) is 0. The minimum Gasteiger partial charge on any atom is -0.495 e. The fourth-order valence-electron chi connectivity index (χ4n) is 1.85. The highest BCUT2D eigenvalue weighted by Gasteiger charge is 2.29. The van der Waals surface area contributed by atoms with Gasteiger partial charge in [0.25, 0.3) is 0 Å². The van der Waals surface area contributed by atoms with Gasteiger partial charge < -0.3 is 10.5 Å². The van der Waals surface area contributed by atoms with Gasteiger partial charge in [0, 0.05) is 19.6 Å². The van der Waals surface area contributed by atoms with E-state index in [0.717, 1.165) is 5.56 Å². The predicted octanol–water partition coefficient (Wildman–Crippen LogP) is 1.82. The normalized spacial score (nSPS) is 13.8. The molecule has 0 amide bonds. The number of nitrogens with two attached hydrogens (primary N) is 1. The number of sulfonamides is 1. The maximum atomic E-state index is 12.7. The lowest BCUT2D eigenvalue weighted by atomic mass is 10.1. The van der Waals surface area contributed by atoms with E-state index in [1.165, 1.54) is 11.4 Å². The van der Waals surface area contributed by atoms with Crippen molar-refractivity contribution < 1.29 is 13.2 Å². The SMILES string of the molecule is COc1cc(CN)ccc1S(=O)(=O)N(C)C(C)C(C)C. The number of hydrogen-bond donors (Lipinski definition) is 1. The number of benzene rings is 1. The molecule has 0 saturated heterocycles. The first-order chi connectivity index (χ1) is 9.25. The molecule has 1 aromatic rings. The van der Waals surface area contributed by atoms with Crippen molar-refractivity contribution in [2.75, 3.05) is 14.2 Å². The Kier molecular flexibility index (Phi) is 5.56. The van der Waals surface area contributed by atoms with Gasteiger partial charge in [-0.3, -0.25) is 0 Å². The van der Waals surface area contributed by atoms with Crippen molar-refractivity contribution in [1.82, 2.24) is 4.31 Å². The van der Waals surface area contributed by atoms with Crippen LogP contribution in [0.4, 0.5) is 0 Å². The van der Waals surface area contributed by atoms with Gasteiger partial charge in [-0.1, -0.05) is 19.9 Å². The van der Waals surface area contributed by atoms with Crippen LogP contribution in [0.15, 0.2) is 23.1 Å². The quantitative estimate of drug-likeness (QED) is 0.870. The first-order valence-electron chi connectivity index (χ1n) is 6.60. The molecule has 20 heavy (non-hydrogen) atoms. The van der Waals surface area contributed by atoms with Gasteiger partial charge in [-0.15, -0.1) is 0 Å². The van der Waals surface area contributed by atoms with E-state index in [1.807, 2.05) is 20.8 Å². The van der Waals surface area contributed by atoms with E-state index in [4.69, 9.17) is 10.5 Å². The maximum Gasteiger partial charge on any atom is 0.246 e. The summed E-state index contributed by atoms with van der Waals surface area (Å²) in [6.07, 6.45) is 0. The van der Waals surface area contributed by atoms with E-state index in [1.54, 1.807) is 25.2 Å². The van der Waals surface area contributed by atoms with Gasteiger partial charge in [0.05, 0.1) is 7.11 Å². The number of nitrogens with zero attached hydrogens (tertiary/aromatic N) is 1. The molecule has 1 atom stereocenters. The lowest BCUT2D eigenvalue weighted by Crippen LogP contribution is -2.38. The predicted molar refractivity (Wildman–Crippen MR) is 80.1 cm³/mol. The van der Waals surface area contributed by atoms with Crippen molar-refractivity contribution in [3.63, 3.8) is 0 Å². The highest BCUT2D eigenvalue weighted by atomic mass is 32.2. The molecule has 0 spiro atoms. The highest BCUT2D eigenvalue weighted by Crippen LogP contribution is 2.29. The van der Waals surface area contributed by atoms with E-state index in [9.17, 15) is 8.42 Å². The standard InChI is InChI=1S/C14H24N2O3S/c1-10(2)11(3)16(4)20(17,18)14-7-6-12(9-15)8-13(14)19-5/h6-8,10-11H,9,15H2,1-5H3. The van der Waals surface area contributed by atoms with Crippen LogP contribution in [0.3, 0.4) is 0 Å². The second-order valence-electron chi connectivity index (χ2n) is 5.20. The van der Waals surface area contributed by atoms with Crippen molar-refractivity contribution in [2.45, 2.75) is 38.3 Å². The molecule has 1 unspecified atom stereocenters. The lowest BCUT2D eigenvalue weighted by Gasteiger charge is -2.27. The van der Waals surface area contributed by atoms with Crippen molar-refractivity contribution in [3.8, 4) is 5.75 Å². The molecule has 114 valence electrons. The number of rotatable bonds is 6. The van der Waals surface area contributed by atoms with Crippen LogP contribution >= 0.6 is 0 Å². The molecule has 0 aliphatic carbocycles. The lowest BCUT2D eigenvalue weighted by molar-refractivity contribution is 0.313. The van der Waals surface area contributed by atoms with E-state index < -0.39 is 10.0 Å². The average molecular weight is 300 g/mol. The third-order valence-electron chi connectivity index (χ3n) is 3.66. The summed E-state index contributed by atoms with van der Waals surface area (Å²) in [4.78, 5) is 0.173. The average Bonchev–Trinajstić information content (AvgIpc) is 2.44. The Morgan fingerprint density at radius 3 is 2.35 bits per heavy atom. The molecule has 0 saturated carbocycles. The van der Waals surface area contributed by atoms with Gasteiger partial charge in [-0.05, 0) is 30.5 Å². The van der Waals surface area contributed by atoms with Crippen molar-refractivity contribution in [3.05, 3.63) is 23.8 Å². The van der Waals surface area contributed by atoms with Crippen LogP contribution in [0, 0.1) is 5.92 Å². The Morgan fingerprint density at radius 2 is 1.90 bits per heavy atom. The molecule has 5 nitrogen and oxygen atoms in total. The molecule has 0 fully saturated rings. The first kappa shape index (κ1) is 16.9. The van der Waals surface area contributed by atoms with Crippen molar-refractivity contribution >= 4 is 10.0 Å². The summed E-state index contributed by atoms with van der Waals surface area (Å²) in [6, 6.07) is 4.84. The molecule has 0 aliphatic heterocycles. The van der Waals surface area contributed by atoms with Crippen LogP contribution < -0.4 is 10.5 Å². The molecule has 0 heterocycles. The zero-order valence-corrected chi connectivity index (χ0v) is 13.6. The van der Waals surface area contributed by atoms with Crippen LogP contribution in [0.1, 0.15) is 26.3 Å². The highest BCUT2D eigenvalue weighted by molar-refractivity contribution is 7.89. The topological polar surface area (TPSA) is 72.6 Å². The van der Waals surface area contributed by atoms with Crippen LogP contribution in [-0.4, -0.2) is 32.9 Å². The molecule has 0 aromatic heterocycles. The molecule has 6 heteroatoms. The zero-order valence-electron chi connectivity index (χ0n) is 12.8. The van der Waals surface area contributed by atoms with Gasteiger partial charge in [-0.2, -0.15) is 4.31 Å². The summed E-state index contributed by atoms with van der Waals surface area (Å²) in [6.45, 7) is 6.22. The molecule has 1 rings (SSSR count). The van der Waals surface area contributed by atoms with E-state index in [-0.39, 0.29) is 16.9 Å². The van der Waals surface area contributed by atoms with Crippen molar-refractivity contribution in [1.29, 1.82) is 0 Å². The van der Waals surface area contributed by atoms with Gasteiger partial charge in [0.2, 0.25) is 10.0 Å². The Bertz CT molecular complexity index is 556. The Labute approximate surface area is 121 Å². The fourth-order valence-corrected chi connectivity index (χ4v) is 3.47. The second-order valence-corrected chi connectivity index (χ2v) is 7.16. The summed E-state index contributed by atoms with van der Waals surface area (Å²) in [5.41, 5.74) is 6.40. The largest absolute Gasteiger partial charge is 0.495 e. The summed E-state index contributed by atoms with van der Waals surface area (Å²) in [5.74, 6) is 0.555. The third kappa shape index (κ3) is 3.31. The Balaban J connectivity index is 3.28. The second kappa shape index (κ2) is 6.56. The molecule has 0 aliphatic rings. The Hall–Kier alpha value is -1.11. The van der Waals surface area contributed by atoms with Crippen LogP contribution in [-0.2, 0) is 16.6 Å². The number of ether oxygens (including phenoxy) is 1. The van der Waals surface area contributed by atoms with E-state index in [2.05, 4.69) is 0 Å². The van der Waals surface area contributed by atoms with Gasteiger partial charge >= 0.3 is 0 Å². The van der Waals surface area contributed by atoms with Crippen LogP contribution in [0.2, 0.25) is 0 Å². The molecular weight excluding hydrogens is 276 g/mol. The number of methoxy groups -OCH3 is 1. The first-order valence-corrected chi connectivity index (χ1v) is 8.04. The van der Waals surface area contributed by atoms with E-state index >= 15 is 0 Å². The molecular formula is C14H24N2O3S. The Morgan fingerprint density at radius 1 is 1.30 bits per heavy atom. The van der Waals surface area contributed by atoms with E-state index in [0.29, 0.717) is 12.3 Å². The van der Waals surface area contributed by atoms with Crippen LogP contribution in [0.5, 0.6) is 5.75 Å². The molecule has 2 N–H and O–H groups in total. The zero-order chi connectivity index (χ0) is 15.5.